The molecule has 0 radical (unpaired) electrons. The van der Waals surface area contributed by atoms with E-state index in [2.05, 4.69) is 0 Å². The molecule has 0 N–H and O–H groups in total. The van der Waals surface area contributed by atoms with Crippen LogP contribution in [0.3, 0.4) is 0 Å². The van der Waals surface area contributed by atoms with Gasteiger partial charge in [-0.15, -0.1) is 0 Å². The van der Waals surface area contributed by atoms with E-state index in [-0.39, 0.29) is 25.4 Å². The monoisotopic (exact) mass is 237 g/mol. The van der Waals surface area contributed by atoms with E-state index >= 15 is 0 Å². The molecule has 1 atom stereocenters. The van der Waals surface area contributed by atoms with Gasteiger partial charge in [-0.1, -0.05) is 6.08 Å². The Bertz CT molecular complexity index is 299. The molecule has 0 aromatic rings. The first-order valence-electron chi connectivity index (χ1n) is 4.94. The van der Waals surface area contributed by atoms with Crippen LogP contribution in [0.15, 0.2) is 11.6 Å². The van der Waals surface area contributed by atoms with Crippen molar-refractivity contribution in [2.45, 2.75) is 25.6 Å². The number of hydrogen-bond donors (Lipinski definition) is 0. The lowest BCUT2D eigenvalue weighted by molar-refractivity contribution is -0.141. The molecule has 1 aliphatic rings. The maximum atomic E-state index is 12.3. The van der Waals surface area contributed by atoms with Gasteiger partial charge in [-0.25, -0.2) is 0 Å². The minimum Gasteiger partial charge on any atom is -0.372 e. The number of rotatable bonds is 2. The Morgan fingerprint density at radius 2 is 2.19 bits per heavy atom. The van der Waals surface area contributed by atoms with E-state index in [4.69, 9.17) is 4.74 Å². The van der Waals surface area contributed by atoms with Gasteiger partial charge in [0.15, 0.2) is 0 Å². The molecule has 1 unspecified atom stereocenters. The quantitative estimate of drug-likeness (QED) is 0.685. The Morgan fingerprint density at radius 1 is 1.56 bits per heavy atom. The Morgan fingerprint density at radius 3 is 2.56 bits per heavy atom. The van der Waals surface area contributed by atoms with E-state index in [1.54, 1.807) is 6.92 Å². The van der Waals surface area contributed by atoms with Gasteiger partial charge in [0, 0.05) is 25.8 Å². The first-order valence-corrected chi connectivity index (χ1v) is 4.94. The zero-order chi connectivity index (χ0) is 12.3. The van der Waals surface area contributed by atoms with Gasteiger partial charge in [-0.05, 0) is 13.3 Å². The number of amides is 1. The summed E-state index contributed by atoms with van der Waals surface area (Å²) in [5.41, 5.74) is -0.554. The highest BCUT2D eigenvalue weighted by atomic mass is 19.4. The molecule has 0 aliphatic carbocycles. The second kappa shape index (κ2) is 4.86. The molecule has 6 heteroatoms. The van der Waals surface area contributed by atoms with E-state index in [9.17, 15) is 18.0 Å². The highest BCUT2D eigenvalue weighted by Gasteiger charge is 2.35. The molecule has 1 amide bonds. The zero-order valence-electron chi connectivity index (χ0n) is 9.17. The van der Waals surface area contributed by atoms with E-state index < -0.39 is 17.9 Å². The number of nitrogens with zero attached hydrogens (tertiary/aromatic N) is 1. The van der Waals surface area contributed by atoms with Crippen molar-refractivity contribution in [2.75, 3.05) is 20.2 Å². The van der Waals surface area contributed by atoms with Gasteiger partial charge in [-0.3, -0.25) is 4.79 Å². The van der Waals surface area contributed by atoms with Crippen molar-refractivity contribution < 1.29 is 22.7 Å². The number of hydrogen-bond acceptors (Lipinski definition) is 2. The number of alkyl halides is 3. The summed E-state index contributed by atoms with van der Waals surface area (Å²) >= 11 is 0. The van der Waals surface area contributed by atoms with Crippen molar-refractivity contribution >= 4 is 5.91 Å². The standard InChI is InChI=1S/C10H14F3NO2/c1-7(16-2)9(15)14-5-3-8(4-6-14)10(11,12)13/h3,7H,4-6H2,1-2H3. The summed E-state index contributed by atoms with van der Waals surface area (Å²) in [6.07, 6.45) is -3.97. The molecule has 1 aliphatic heterocycles. The average molecular weight is 237 g/mol. The van der Waals surface area contributed by atoms with Gasteiger partial charge in [0.2, 0.25) is 0 Å². The second-order valence-electron chi connectivity index (χ2n) is 3.64. The maximum absolute atomic E-state index is 12.3. The highest BCUT2D eigenvalue weighted by molar-refractivity contribution is 5.80. The van der Waals surface area contributed by atoms with Gasteiger partial charge in [-0.2, -0.15) is 13.2 Å². The van der Waals surface area contributed by atoms with Gasteiger partial charge in [0.05, 0.1) is 0 Å². The molecular weight excluding hydrogens is 223 g/mol. The Kier molecular flexibility index (Phi) is 3.96. The summed E-state index contributed by atoms with van der Waals surface area (Å²) in [5, 5.41) is 0. The Hall–Kier alpha value is -1.04. The van der Waals surface area contributed by atoms with Crippen molar-refractivity contribution in [1.29, 1.82) is 0 Å². The Labute approximate surface area is 91.9 Å². The van der Waals surface area contributed by atoms with Crippen LogP contribution in [-0.2, 0) is 9.53 Å². The van der Waals surface area contributed by atoms with Crippen LogP contribution in [0.4, 0.5) is 13.2 Å². The van der Waals surface area contributed by atoms with Gasteiger partial charge in [0.25, 0.3) is 5.91 Å². The predicted octanol–water partition coefficient (Wildman–Crippen LogP) is 1.74. The molecule has 0 spiro atoms. The average Bonchev–Trinajstić information content (AvgIpc) is 2.26. The number of methoxy groups -OCH3 is 1. The van der Waals surface area contributed by atoms with Crippen LogP contribution in [-0.4, -0.2) is 43.3 Å². The fraction of sp³-hybridized carbons (Fsp3) is 0.700. The van der Waals surface area contributed by atoms with Gasteiger partial charge >= 0.3 is 6.18 Å². The number of halogens is 3. The van der Waals surface area contributed by atoms with Crippen molar-refractivity contribution in [3.63, 3.8) is 0 Å². The molecule has 1 heterocycles. The fourth-order valence-electron chi connectivity index (χ4n) is 1.48. The molecule has 0 fully saturated rings. The van der Waals surface area contributed by atoms with Crippen molar-refractivity contribution in [2.24, 2.45) is 0 Å². The van der Waals surface area contributed by atoms with Crippen LogP contribution >= 0.6 is 0 Å². The zero-order valence-corrected chi connectivity index (χ0v) is 9.17. The molecule has 0 saturated carbocycles. The Balaban J connectivity index is 2.61. The van der Waals surface area contributed by atoms with Crippen LogP contribution in [0.25, 0.3) is 0 Å². The molecule has 0 bridgehead atoms. The summed E-state index contributed by atoms with van der Waals surface area (Å²) in [7, 11) is 1.39. The van der Waals surface area contributed by atoms with Crippen LogP contribution in [0.1, 0.15) is 13.3 Å². The summed E-state index contributed by atoms with van der Waals surface area (Å²) in [6, 6.07) is 0. The molecule has 3 nitrogen and oxygen atoms in total. The summed E-state index contributed by atoms with van der Waals surface area (Å²) in [5.74, 6) is -0.278. The second-order valence-corrected chi connectivity index (χ2v) is 3.64. The third kappa shape index (κ3) is 2.98. The van der Waals surface area contributed by atoms with Crippen LogP contribution < -0.4 is 0 Å². The minimum atomic E-state index is -4.28. The van der Waals surface area contributed by atoms with Crippen molar-refractivity contribution in [3.05, 3.63) is 11.6 Å². The minimum absolute atomic E-state index is 0.00137. The summed E-state index contributed by atoms with van der Waals surface area (Å²) in [4.78, 5) is 12.9. The third-order valence-corrected chi connectivity index (χ3v) is 2.59. The first-order chi connectivity index (χ1) is 7.36. The third-order valence-electron chi connectivity index (χ3n) is 2.59. The van der Waals surface area contributed by atoms with Crippen LogP contribution in [0.2, 0.25) is 0 Å². The summed E-state index contributed by atoms with van der Waals surface area (Å²) < 4.78 is 41.7. The SMILES string of the molecule is COC(C)C(=O)N1CC=C(C(F)(F)F)CC1. The van der Waals surface area contributed by atoms with Crippen LogP contribution in [0.5, 0.6) is 0 Å². The summed E-state index contributed by atoms with van der Waals surface area (Å²) in [6.45, 7) is 1.67. The number of carbonyl (C=O) groups excluding carboxylic acids is 1. The smallest absolute Gasteiger partial charge is 0.372 e. The topological polar surface area (TPSA) is 29.5 Å². The maximum Gasteiger partial charge on any atom is 0.412 e. The molecule has 1 rings (SSSR count). The fourth-order valence-corrected chi connectivity index (χ4v) is 1.48. The lowest BCUT2D eigenvalue weighted by Crippen LogP contribution is -2.42. The first kappa shape index (κ1) is 13.0. The largest absolute Gasteiger partial charge is 0.412 e. The molecule has 92 valence electrons. The molecular formula is C10H14F3NO2. The highest BCUT2D eigenvalue weighted by Crippen LogP contribution is 2.30. The van der Waals surface area contributed by atoms with Crippen molar-refractivity contribution in [1.82, 2.24) is 4.90 Å². The molecule has 16 heavy (non-hydrogen) atoms. The van der Waals surface area contributed by atoms with E-state index in [0.29, 0.717) is 0 Å². The van der Waals surface area contributed by atoms with Crippen LogP contribution in [0, 0.1) is 0 Å². The van der Waals surface area contributed by atoms with Gasteiger partial charge in [0.1, 0.15) is 6.10 Å². The number of ether oxygens (including phenoxy) is 1. The van der Waals surface area contributed by atoms with E-state index in [1.165, 1.54) is 12.0 Å². The lowest BCUT2D eigenvalue weighted by atomic mass is 10.1. The molecule has 0 saturated heterocycles. The molecule has 0 aromatic carbocycles. The normalized spacial score (nSPS) is 19.3. The van der Waals surface area contributed by atoms with Gasteiger partial charge < -0.3 is 9.64 Å². The predicted molar refractivity (Wildman–Crippen MR) is 51.8 cm³/mol. The van der Waals surface area contributed by atoms with E-state index in [0.717, 1.165) is 6.08 Å². The number of carbonyl (C=O) groups is 1. The van der Waals surface area contributed by atoms with E-state index in [1.807, 2.05) is 0 Å². The lowest BCUT2D eigenvalue weighted by Gasteiger charge is -2.28. The molecule has 0 aromatic heterocycles. The van der Waals surface area contributed by atoms with Crippen molar-refractivity contribution in [3.8, 4) is 0 Å².